The zero-order chi connectivity index (χ0) is 25.0. The molecule has 5 unspecified atom stereocenters. The molecule has 12 nitrogen and oxygen atoms in total. The van der Waals surface area contributed by atoms with Gasteiger partial charge in [-0.3, -0.25) is 19.2 Å². The summed E-state index contributed by atoms with van der Waals surface area (Å²) in [5.74, 6) is -5.02. The van der Waals surface area contributed by atoms with Crippen LogP contribution in [0.4, 0.5) is 0 Å². The molecule has 3 amide bonds. The summed E-state index contributed by atoms with van der Waals surface area (Å²) in [6, 6.07) is -4.79. The van der Waals surface area contributed by atoms with Crippen molar-refractivity contribution in [1.29, 1.82) is 0 Å². The summed E-state index contributed by atoms with van der Waals surface area (Å²) < 4.78 is 0. The number of nitrogens with two attached hydrogens (primary N) is 1. The van der Waals surface area contributed by atoms with E-state index in [1.165, 1.54) is 0 Å². The summed E-state index contributed by atoms with van der Waals surface area (Å²) in [4.78, 5) is 59.7. The first-order chi connectivity index (χ1) is 14.8. The second kappa shape index (κ2) is 14.4. The summed E-state index contributed by atoms with van der Waals surface area (Å²) in [5, 5.41) is 34.2. The largest absolute Gasteiger partial charge is 0.481 e. The third-order valence-corrected chi connectivity index (χ3v) is 4.94. The number of aliphatic hydroxyl groups is 1. The van der Waals surface area contributed by atoms with Crippen LogP contribution in [0, 0.1) is 11.8 Å². The number of carboxylic acids is 2. The Morgan fingerprint density at radius 3 is 1.88 bits per heavy atom. The number of carboxylic acid groups (broad SMARTS) is 2. The minimum atomic E-state index is -1.52. The monoisotopic (exact) mass is 460 g/mol. The van der Waals surface area contributed by atoms with Crippen molar-refractivity contribution in [2.75, 3.05) is 6.61 Å². The van der Waals surface area contributed by atoms with Gasteiger partial charge in [-0.2, -0.15) is 0 Å². The van der Waals surface area contributed by atoms with Crippen LogP contribution in [0.25, 0.3) is 0 Å². The fourth-order valence-corrected chi connectivity index (χ4v) is 2.79. The van der Waals surface area contributed by atoms with E-state index in [0.717, 1.165) is 0 Å². The summed E-state index contributed by atoms with van der Waals surface area (Å²) in [5.41, 5.74) is 5.72. The molecule has 0 bridgehead atoms. The van der Waals surface area contributed by atoms with Gasteiger partial charge in [0.05, 0.1) is 12.6 Å². The van der Waals surface area contributed by atoms with Crippen molar-refractivity contribution in [2.45, 2.75) is 77.5 Å². The van der Waals surface area contributed by atoms with Crippen molar-refractivity contribution in [1.82, 2.24) is 16.0 Å². The lowest BCUT2D eigenvalue weighted by Gasteiger charge is -2.28. The lowest BCUT2D eigenvalue weighted by molar-refractivity contribution is -0.143. The van der Waals surface area contributed by atoms with E-state index < -0.39 is 60.4 Å². The third-order valence-electron chi connectivity index (χ3n) is 4.94. The molecule has 32 heavy (non-hydrogen) atoms. The zero-order valence-corrected chi connectivity index (χ0v) is 19.0. The van der Waals surface area contributed by atoms with Crippen LogP contribution in [-0.4, -0.2) is 75.8 Å². The van der Waals surface area contributed by atoms with Gasteiger partial charge in [0, 0.05) is 6.42 Å². The highest BCUT2D eigenvalue weighted by Gasteiger charge is 2.32. The molecule has 0 aromatic rings. The lowest BCUT2D eigenvalue weighted by Crippen LogP contribution is -2.59. The van der Waals surface area contributed by atoms with Crippen molar-refractivity contribution in [3.63, 3.8) is 0 Å². The number of aliphatic hydroxyl groups excluding tert-OH is 1. The Morgan fingerprint density at radius 2 is 1.44 bits per heavy atom. The van der Waals surface area contributed by atoms with E-state index in [4.69, 9.17) is 21.1 Å². The van der Waals surface area contributed by atoms with E-state index in [-0.39, 0.29) is 31.1 Å². The van der Waals surface area contributed by atoms with Crippen molar-refractivity contribution < 1.29 is 39.3 Å². The summed E-state index contributed by atoms with van der Waals surface area (Å²) in [6.07, 6.45) is 0.289. The highest BCUT2D eigenvalue weighted by molar-refractivity contribution is 5.94. The van der Waals surface area contributed by atoms with Crippen LogP contribution in [0.2, 0.25) is 0 Å². The van der Waals surface area contributed by atoms with Crippen LogP contribution in [0.5, 0.6) is 0 Å². The molecule has 0 saturated heterocycles. The molecule has 0 saturated carbocycles. The maximum Gasteiger partial charge on any atom is 0.328 e. The molecule has 0 aromatic carbocycles. The first-order valence-electron chi connectivity index (χ1n) is 10.6. The van der Waals surface area contributed by atoms with Gasteiger partial charge in [0.25, 0.3) is 0 Å². The molecule has 0 aromatic heterocycles. The second-order valence-corrected chi connectivity index (χ2v) is 8.18. The molecule has 0 fully saturated rings. The van der Waals surface area contributed by atoms with E-state index in [9.17, 15) is 24.0 Å². The van der Waals surface area contributed by atoms with Gasteiger partial charge < -0.3 is 37.0 Å². The van der Waals surface area contributed by atoms with Crippen molar-refractivity contribution >= 4 is 29.7 Å². The van der Waals surface area contributed by atoms with Crippen LogP contribution in [0.1, 0.15) is 53.4 Å². The zero-order valence-electron chi connectivity index (χ0n) is 19.0. The maximum absolute atomic E-state index is 12.9. The average Bonchev–Trinajstić information content (AvgIpc) is 2.71. The molecule has 5 atom stereocenters. The minimum absolute atomic E-state index is 0.0375. The average molecular weight is 461 g/mol. The van der Waals surface area contributed by atoms with Gasteiger partial charge in [-0.05, 0) is 24.7 Å². The number of carbonyl (C=O) groups excluding carboxylic acids is 3. The van der Waals surface area contributed by atoms with Crippen molar-refractivity contribution in [3.05, 3.63) is 0 Å². The molecule has 0 aliphatic heterocycles. The maximum atomic E-state index is 12.9. The number of carbonyl (C=O) groups is 5. The first kappa shape index (κ1) is 29.3. The van der Waals surface area contributed by atoms with Crippen molar-refractivity contribution in [3.8, 4) is 0 Å². The Hall–Kier alpha value is -2.73. The Kier molecular flexibility index (Phi) is 13.1. The Labute approximate surface area is 187 Å². The van der Waals surface area contributed by atoms with Crippen LogP contribution in [0.15, 0.2) is 0 Å². The SMILES string of the molecule is CCC(C)C(NC(=O)C(N)CCC(=O)O)C(=O)NC(CC(C)C)C(=O)NC(CO)C(=O)O. The quantitative estimate of drug-likeness (QED) is 0.156. The molecular formula is C20H36N4O8. The predicted octanol–water partition coefficient (Wildman–Crippen LogP) is -1.20. The Balaban J connectivity index is 5.44. The van der Waals surface area contributed by atoms with Gasteiger partial charge in [0.1, 0.15) is 18.1 Å². The Bertz CT molecular complexity index is 670. The van der Waals surface area contributed by atoms with Crippen LogP contribution < -0.4 is 21.7 Å². The number of hydrogen-bond acceptors (Lipinski definition) is 7. The van der Waals surface area contributed by atoms with E-state index in [1.54, 1.807) is 13.8 Å². The van der Waals surface area contributed by atoms with Gasteiger partial charge in [-0.1, -0.05) is 34.1 Å². The Morgan fingerprint density at radius 1 is 0.875 bits per heavy atom. The van der Waals surface area contributed by atoms with Crippen LogP contribution in [0.3, 0.4) is 0 Å². The number of aliphatic carboxylic acids is 2. The molecule has 0 spiro atoms. The molecule has 0 heterocycles. The highest BCUT2D eigenvalue weighted by Crippen LogP contribution is 2.11. The standard InChI is InChI=1S/C20H36N4O8/c1-5-11(4)16(24-17(28)12(21)6-7-15(26)27)19(30)22-13(8-10(2)3)18(29)23-14(9-25)20(31)32/h10-14,16,25H,5-9,21H2,1-4H3,(H,22,30)(H,23,29)(H,24,28)(H,26,27)(H,31,32). The first-order valence-corrected chi connectivity index (χ1v) is 10.6. The van der Waals surface area contributed by atoms with E-state index in [0.29, 0.717) is 6.42 Å². The van der Waals surface area contributed by atoms with Crippen LogP contribution >= 0.6 is 0 Å². The summed E-state index contributed by atoms with van der Waals surface area (Å²) >= 11 is 0. The molecule has 184 valence electrons. The normalized spacial score (nSPS) is 15.7. The fraction of sp³-hybridized carbons (Fsp3) is 0.750. The fourth-order valence-electron chi connectivity index (χ4n) is 2.79. The van der Waals surface area contributed by atoms with Crippen molar-refractivity contribution in [2.24, 2.45) is 17.6 Å². The van der Waals surface area contributed by atoms with Gasteiger partial charge >= 0.3 is 11.9 Å². The summed E-state index contributed by atoms with van der Waals surface area (Å²) in [7, 11) is 0. The number of amides is 3. The van der Waals surface area contributed by atoms with E-state index >= 15 is 0 Å². The molecular weight excluding hydrogens is 424 g/mol. The minimum Gasteiger partial charge on any atom is -0.481 e. The molecule has 12 heteroatoms. The summed E-state index contributed by atoms with van der Waals surface area (Å²) in [6.45, 7) is 6.32. The molecule has 0 aliphatic carbocycles. The smallest absolute Gasteiger partial charge is 0.328 e. The van der Waals surface area contributed by atoms with Gasteiger partial charge in [0.15, 0.2) is 0 Å². The molecule has 0 aliphatic rings. The number of rotatable bonds is 15. The second-order valence-electron chi connectivity index (χ2n) is 8.18. The molecule has 0 radical (unpaired) electrons. The highest BCUT2D eigenvalue weighted by atomic mass is 16.4. The predicted molar refractivity (Wildman–Crippen MR) is 114 cm³/mol. The van der Waals surface area contributed by atoms with Gasteiger partial charge in [-0.25, -0.2) is 4.79 Å². The lowest BCUT2D eigenvalue weighted by atomic mass is 9.96. The number of hydrogen-bond donors (Lipinski definition) is 7. The topological polar surface area (TPSA) is 208 Å². The van der Waals surface area contributed by atoms with E-state index in [2.05, 4.69) is 16.0 Å². The molecule has 8 N–H and O–H groups in total. The van der Waals surface area contributed by atoms with Crippen LogP contribution in [-0.2, 0) is 24.0 Å². The number of nitrogens with one attached hydrogen (secondary N) is 3. The molecule has 0 rings (SSSR count). The third kappa shape index (κ3) is 10.5. The van der Waals surface area contributed by atoms with Gasteiger partial charge in [0.2, 0.25) is 17.7 Å². The van der Waals surface area contributed by atoms with Gasteiger partial charge in [-0.15, -0.1) is 0 Å². The van der Waals surface area contributed by atoms with E-state index in [1.807, 2.05) is 13.8 Å².